The second-order valence-electron chi connectivity index (χ2n) is 7.46. The highest BCUT2D eigenvalue weighted by molar-refractivity contribution is 9.10. The maximum atomic E-state index is 9.69. The summed E-state index contributed by atoms with van der Waals surface area (Å²) in [5, 5.41) is 14.3. The normalized spacial score (nSPS) is 11.5. The first-order valence-electron chi connectivity index (χ1n) is 9.80. The minimum atomic E-state index is 0.713. The van der Waals surface area contributed by atoms with Crippen molar-refractivity contribution in [3.8, 4) is 22.9 Å². The van der Waals surface area contributed by atoms with E-state index in [1.54, 1.807) is 0 Å². The monoisotopic (exact) mass is 446 g/mol. The van der Waals surface area contributed by atoms with E-state index >= 15 is 0 Å². The minimum absolute atomic E-state index is 0.713. The van der Waals surface area contributed by atoms with Crippen LogP contribution in [0.4, 0.5) is 0 Å². The average Bonchev–Trinajstić information content (AvgIpc) is 3.14. The molecule has 30 heavy (non-hydrogen) atoms. The number of nitrogens with zero attached hydrogens (tertiary/aromatic N) is 2. The first-order valence-corrected chi connectivity index (χ1v) is 10.6. The fraction of sp³-hybridized carbons (Fsp3) is 0. The summed E-state index contributed by atoms with van der Waals surface area (Å²) < 4.78 is 3.37. The van der Waals surface area contributed by atoms with Gasteiger partial charge in [-0.15, -0.1) is 0 Å². The van der Waals surface area contributed by atoms with Crippen LogP contribution >= 0.6 is 15.9 Å². The van der Waals surface area contributed by atoms with Crippen molar-refractivity contribution in [2.24, 2.45) is 0 Å². The van der Waals surface area contributed by atoms with Gasteiger partial charge in [-0.1, -0.05) is 64.5 Å². The molecule has 0 atom stereocenters. The van der Waals surface area contributed by atoms with Crippen molar-refractivity contribution in [2.75, 3.05) is 0 Å². The van der Waals surface area contributed by atoms with Crippen LogP contribution in [-0.2, 0) is 0 Å². The molecule has 0 amide bonds. The molecule has 0 unspecified atom stereocenters. The summed E-state index contributed by atoms with van der Waals surface area (Å²) in [6, 6.07) is 33.9. The lowest BCUT2D eigenvalue weighted by Crippen LogP contribution is -1.93. The van der Waals surface area contributed by atoms with Crippen molar-refractivity contribution in [3.05, 3.63) is 101 Å². The Morgan fingerprint density at radius 3 is 2.07 bits per heavy atom. The van der Waals surface area contributed by atoms with Gasteiger partial charge in [0, 0.05) is 26.3 Å². The topological polar surface area (TPSA) is 28.7 Å². The summed E-state index contributed by atoms with van der Waals surface area (Å²) in [6.45, 7) is 0. The van der Waals surface area contributed by atoms with E-state index in [9.17, 15) is 5.26 Å². The van der Waals surface area contributed by atoms with Crippen LogP contribution in [0.15, 0.2) is 95.5 Å². The van der Waals surface area contributed by atoms with Gasteiger partial charge in [-0.25, -0.2) is 0 Å². The molecule has 0 radical (unpaired) electrons. The second-order valence-corrected chi connectivity index (χ2v) is 8.38. The molecule has 0 aliphatic carbocycles. The highest BCUT2D eigenvalue weighted by Crippen LogP contribution is 2.43. The lowest BCUT2D eigenvalue weighted by atomic mass is 9.93. The standard InChI is InChI=1S/C27H15BrN2/c28-19-9-6-17(7-10-19)21-13-15-25-27-23(21)12-11-22-18(16-29)8-14-24(26(22)27)30(25)20-4-2-1-3-5-20/h1-15H. The Bertz CT molecular complexity index is 1590. The summed E-state index contributed by atoms with van der Waals surface area (Å²) in [6.07, 6.45) is 0. The SMILES string of the molecule is N#Cc1ccc2c3c1ccc1c(-c4ccc(Br)cc4)ccc(c13)n2-c1ccccc1. The van der Waals surface area contributed by atoms with Crippen LogP contribution in [-0.4, -0.2) is 4.57 Å². The van der Waals surface area contributed by atoms with Gasteiger partial charge in [-0.3, -0.25) is 0 Å². The van der Waals surface area contributed by atoms with Crippen molar-refractivity contribution in [1.29, 1.82) is 5.26 Å². The summed E-state index contributed by atoms with van der Waals surface area (Å²) >= 11 is 3.53. The molecule has 3 heteroatoms. The Morgan fingerprint density at radius 1 is 0.667 bits per heavy atom. The number of hydrogen-bond donors (Lipinski definition) is 0. The van der Waals surface area contributed by atoms with Crippen molar-refractivity contribution >= 4 is 48.5 Å². The molecule has 2 nitrogen and oxygen atoms in total. The van der Waals surface area contributed by atoms with Gasteiger partial charge < -0.3 is 4.57 Å². The highest BCUT2D eigenvalue weighted by Gasteiger charge is 2.20. The molecule has 1 aromatic heterocycles. The molecule has 0 saturated heterocycles. The molecule has 0 bridgehead atoms. The number of para-hydroxylation sites is 1. The molecule has 0 N–H and O–H groups in total. The molecule has 0 saturated carbocycles. The maximum absolute atomic E-state index is 9.69. The van der Waals surface area contributed by atoms with E-state index in [1.165, 1.54) is 21.9 Å². The van der Waals surface area contributed by atoms with E-state index in [0.717, 1.165) is 32.0 Å². The smallest absolute Gasteiger partial charge is 0.0998 e. The van der Waals surface area contributed by atoms with Gasteiger partial charge in [0.15, 0.2) is 0 Å². The summed E-state index contributed by atoms with van der Waals surface area (Å²) in [4.78, 5) is 0. The van der Waals surface area contributed by atoms with Crippen LogP contribution in [0.3, 0.4) is 0 Å². The van der Waals surface area contributed by atoms with E-state index in [4.69, 9.17) is 0 Å². The largest absolute Gasteiger partial charge is 0.309 e. The highest BCUT2D eigenvalue weighted by atomic mass is 79.9. The molecule has 6 rings (SSSR count). The first kappa shape index (κ1) is 17.3. The third-order valence-corrected chi connectivity index (χ3v) is 6.41. The van der Waals surface area contributed by atoms with Crippen LogP contribution in [0, 0.1) is 11.3 Å². The number of benzene rings is 5. The van der Waals surface area contributed by atoms with E-state index in [2.05, 4.69) is 105 Å². The van der Waals surface area contributed by atoms with Crippen LogP contribution in [0.25, 0.3) is 49.4 Å². The van der Waals surface area contributed by atoms with Gasteiger partial charge in [-0.05, 0) is 59.0 Å². The number of hydrogen-bond acceptors (Lipinski definition) is 1. The maximum Gasteiger partial charge on any atom is 0.0998 e. The molecule has 140 valence electrons. The Labute approximate surface area is 182 Å². The molecular formula is C27H15BrN2. The van der Waals surface area contributed by atoms with Crippen LogP contribution in [0.5, 0.6) is 0 Å². The molecule has 6 aromatic rings. The van der Waals surface area contributed by atoms with Gasteiger partial charge in [0.25, 0.3) is 0 Å². The third kappa shape index (κ3) is 2.35. The minimum Gasteiger partial charge on any atom is -0.309 e. The Kier molecular flexibility index (Phi) is 3.71. The van der Waals surface area contributed by atoms with Crippen molar-refractivity contribution in [1.82, 2.24) is 4.57 Å². The number of aromatic nitrogens is 1. The zero-order chi connectivity index (χ0) is 20.2. The Morgan fingerprint density at radius 2 is 1.33 bits per heavy atom. The lowest BCUT2D eigenvalue weighted by molar-refractivity contribution is 1.18. The van der Waals surface area contributed by atoms with Crippen LogP contribution in [0.1, 0.15) is 5.56 Å². The molecule has 5 aromatic carbocycles. The van der Waals surface area contributed by atoms with Gasteiger partial charge in [0.05, 0.1) is 22.7 Å². The number of halogens is 1. The fourth-order valence-corrected chi connectivity index (χ4v) is 4.86. The Balaban J connectivity index is 1.81. The molecule has 0 aliphatic rings. The van der Waals surface area contributed by atoms with Crippen LogP contribution in [0.2, 0.25) is 0 Å². The molecule has 0 spiro atoms. The van der Waals surface area contributed by atoms with Gasteiger partial charge in [-0.2, -0.15) is 5.26 Å². The molecule has 0 fully saturated rings. The number of nitriles is 1. The predicted molar refractivity (Wildman–Crippen MR) is 127 cm³/mol. The quantitative estimate of drug-likeness (QED) is 0.250. The zero-order valence-corrected chi connectivity index (χ0v) is 17.5. The molecular weight excluding hydrogens is 432 g/mol. The van der Waals surface area contributed by atoms with E-state index in [1.807, 2.05) is 12.1 Å². The van der Waals surface area contributed by atoms with Crippen molar-refractivity contribution in [2.45, 2.75) is 0 Å². The van der Waals surface area contributed by atoms with Crippen molar-refractivity contribution in [3.63, 3.8) is 0 Å². The van der Waals surface area contributed by atoms with E-state index in [0.29, 0.717) is 5.56 Å². The fourth-order valence-electron chi connectivity index (χ4n) is 4.59. The second kappa shape index (κ2) is 6.45. The molecule has 1 heterocycles. The van der Waals surface area contributed by atoms with Crippen molar-refractivity contribution < 1.29 is 0 Å². The summed E-state index contributed by atoms with van der Waals surface area (Å²) in [7, 11) is 0. The van der Waals surface area contributed by atoms with Crippen LogP contribution < -0.4 is 0 Å². The average molecular weight is 447 g/mol. The zero-order valence-electron chi connectivity index (χ0n) is 15.9. The third-order valence-electron chi connectivity index (χ3n) is 5.89. The number of rotatable bonds is 2. The van der Waals surface area contributed by atoms with Gasteiger partial charge in [0.2, 0.25) is 0 Å². The Hall–Kier alpha value is -3.61. The summed E-state index contributed by atoms with van der Waals surface area (Å²) in [5.74, 6) is 0. The van der Waals surface area contributed by atoms with Gasteiger partial charge in [0.1, 0.15) is 0 Å². The summed E-state index contributed by atoms with van der Waals surface area (Å²) in [5.41, 5.74) is 6.51. The lowest BCUT2D eigenvalue weighted by Gasteiger charge is -2.10. The molecule has 0 aliphatic heterocycles. The first-order chi connectivity index (χ1) is 14.8. The van der Waals surface area contributed by atoms with Gasteiger partial charge >= 0.3 is 0 Å². The van der Waals surface area contributed by atoms with E-state index < -0.39 is 0 Å². The van der Waals surface area contributed by atoms with E-state index in [-0.39, 0.29) is 0 Å². The predicted octanol–water partition coefficient (Wildman–Crippen LogP) is 7.68.